The quantitative estimate of drug-likeness (QED) is 0.298. The predicted molar refractivity (Wildman–Crippen MR) is 119 cm³/mol. The van der Waals surface area contributed by atoms with Crippen molar-refractivity contribution in [3.63, 3.8) is 0 Å². The molecule has 4 aromatic rings. The lowest BCUT2D eigenvalue weighted by molar-refractivity contribution is -0.116. The molecular weight excluding hydrogens is 404 g/mol. The van der Waals surface area contributed by atoms with Crippen molar-refractivity contribution in [2.45, 2.75) is 26.3 Å². The van der Waals surface area contributed by atoms with Gasteiger partial charge in [0.25, 0.3) is 0 Å². The van der Waals surface area contributed by atoms with E-state index >= 15 is 0 Å². The van der Waals surface area contributed by atoms with Crippen molar-refractivity contribution in [1.29, 1.82) is 0 Å². The Morgan fingerprint density at radius 3 is 3.07 bits per heavy atom. The van der Waals surface area contributed by atoms with Crippen molar-refractivity contribution in [3.8, 4) is 10.7 Å². The number of nitrogens with one attached hydrogen (secondary N) is 3. The zero-order valence-electron chi connectivity index (χ0n) is 15.9. The van der Waals surface area contributed by atoms with E-state index in [4.69, 9.17) is 12.2 Å². The van der Waals surface area contributed by atoms with Crippen LogP contribution in [0.5, 0.6) is 0 Å². The number of para-hydroxylation sites is 1. The molecule has 3 aromatic heterocycles. The Balaban J connectivity index is 1.46. The zero-order valence-corrected chi connectivity index (χ0v) is 17.5. The second-order valence-electron chi connectivity index (χ2n) is 6.59. The number of carbonyl (C=O) groups excluding carboxylic acids is 1. The number of aryl methyl sites for hydroxylation is 2. The summed E-state index contributed by atoms with van der Waals surface area (Å²) in [6.07, 6.45) is 4.76. The number of amides is 1. The van der Waals surface area contributed by atoms with E-state index in [2.05, 4.69) is 38.1 Å². The molecule has 3 heterocycles. The number of aromatic amines is 2. The number of fused-ring (bicyclic) bond motifs is 1. The fourth-order valence-electron chi connectivity index (χ4n) is 3.22. The van der Waals surface area contributed by atoms with Crippen LogP contribution in [-0.2, 0) is 17.8 Å². The summed E-state index contributed by atoms with van der Waals surface area (Å²) in [7, 11) is 0. The van der Waals surface area contributed by atoms with Gasteiger partial charge >= 0.3 is 0 Å². The summed E-state index contributed by atoms with van der Waals surface area (Å²) in [6.45, 7) is 6.20. The van der Waals surface area contributed by atoms with Crippen LogP contribution >= 0.6 is 23.6 Å². The van der Waals surface area contributed by atoms with Crippen LogP contribution in [0.1, 0.15) is 17.7 Å². The number of hydrogen-bond donors (Lipinski definition) is 3. The van der Waals surface area contributed by atoms with Crippen molar-refractivity contribution in [1.82, 2.24) is 24.7 Å². The number of benzene rings is 1. The van der Waals surface area contributed by atoms with Gasteiger partial charge in [0.15, 0.2) is 15.7 Å². The van der Waals surface area contributed by atoms with Crippen LogP contribution in [0.3, 0.4) is 0 Å². The maximum Gasteiger partial charge on any atom is 0.226 e. The molecule has 0 aliphatic rings. The van der Waals surface area contributed by atoms with Gasteiger partial charge in [0, 0.05) is 30.1 Å². The third kappa shape index (κ3) is 3.92. The summed E-state index contributed by atoms with van der Waals surface area (Å²) >= 11 is 6.66. The third-order valence-electron chi connectivity index (χ3n) is 4.61. The molecule has 148 valence electrons. The van der Waals surface area contributed by atoms with Crippen LogP contribution in [0.25, 0.3) is 21.6 Å². The maximum absolute atomic E-state index is 12.5. The lowest BCUT2D eigenvalue weighted by Gasteiger charge is -2.02. The average molecular weight is 425 g/mol. The molecule has 0 bridgehead atoms. The average Bonchev–Trinajstić information content (AvgIpc) is 3.38. The number of carbonyl (C=O) groups is 1. The molecule has 0 unspecified atom stereocenters. The highest BCUT2D eigenvalue weighted by Gasteiger charge is 2.17. The Morgan fingerprint density at radius 2 is 2.24 bits per heavy atom. The highest BCUT2D eigenvalue weighted by atomic mass is 32.1. The van der Waals surface area contributed by atoms with Crippen molar-refractivity contribution in [2.75, 3.05) is 5.32 Å². The molecule has 4 rings (SSSR count). The molecule has 0 aliphatic carbocycles. The Labute approximate surface area is 176 Å². The number of anilines is 1. The van der Waals surface area contributed by atoms with E-state index in [9.17, 15) is 4.79 Å². The summed E-state index contributed by atoms with van der Waals surface area (Å²) in [4.78, 5) is 21.1. The molecule has 7 nitrogen and oxygen atoms in total. The number of hydrogen-bond acceptors (Lipinski definition) is 5. The fraction of sp³-hybridized carbons (Fsp3) is 0.200. The smallest absolute Gasteiger partial charge is 0.226 e. The van der Waals surface area contributed by atoms with Crippen molar-refractivity contribution < 1.29 is 4.79 Å². The lowest BCUT2D eigenvalue weighted by atomic mass is 10.1. The highest BCUT2D eigenvalue weighted by Crippen LogP contribution is 2.31. The minimum absolute atomic E-state index is 0.0689. The topological polar surface area (TPSA) is 91.4 Å². The van der Waals surface area contributed by atoms with Gasteiger partial charge in [-0.1, -0.05) is 35.6 Å². The molecule has 0 spiro atoms. The number of rotatable bonds is 7. The Bertz CT molecular complexity index is 1250. The van der Waals surface area contributed by atoms with E-state index in [-0.39, 0.29) is 5.91 Å². The van der Waals surface area contributed by atoms with E-state index in [1.807, 2.05) is 35.9 Å². The predicted octanol–water partition coefficient (Wildman–Crippen LogP) is 4.61. The van der Waals surface area contributed by atoms with Crippen LogP contribution in [0, 0.1) is 11.7 Å². The lowest BCUT2D eigenvalue weighted by Crippen LogP contribution is -2.12. The zero-order chi connectivity index (χ0) is 20.4. The second kappa shape index (κ2) is 8.14. The Hall–Kier alpha value is -3.04. The van der Waals surface area contributed by atoms with Crippen molar-refractivity contribution >= 4 is 45.5 Å². The SMILES string of the molecule is C=CCn1c(-c2sc(NC(=O)CCc3c[nH]c4ccccc34)nc2C)n[nH]c1=S. The van der Waals surface area contributed by atoms with Crippen LogP contribution in [0.2, 0.25) is 0 Å². The minimum Gasteiger partial charge on any atom is -0.361 e. The van der Waals surface area contributed by atoms with E-state index in [1.54, 1.807) is 6.08 Å². The number of nitrogens with zero attached hydrogens (tertiary/aromatic N) is 3. The van der Waals surface area contributed by atoms with Gasteiger partial charge in [0.1, 0.15) is 0 Å². The molecule has 0 aliphatic heterocycles. The van der Waals surface area contributed by atoms with Crippen LogP contribution in [0.15, 0.2) is 43.1 Å². The van der Waals surface area contributed by atoms with Crippen molar-refractivity contribution in [3.05, 3.63) is 59.1 Å². The first kappa shape index (κ1) is 19.3. The molecule has 3 N–H and O–H groups in total. The second-order valence-corrected chi connectivity index (χ2v) is 7.98. The monoisotopic (exact) mass is 424 g/mol. The van der Waals surface area contributed by atoms with Gasteiger partial charge < -0.3 is 10.3 Å². The number of allylic oxidation sites excluding steroid dienone is 1. The highest BCUT2D eigenvalue weighted by molar-refractivity contribution is 7.71. The molecule has 0 saturated carbocycles. The first-order valence-corrected chi connectivity index (χ1v) is 10.4. The molecule has 0 radical (unpaired) electrons. The van der Waals surface area contributed by atoms with Gasteiger partial charge in [-0.05, 0) is 37.2 Å². The van der Waals surface area contributed by atoms with E-state index in [0.717, 1.165) is 27.0 Å². The molecule has 9 heteroatoms. The third-order valence-corrected chi connectivity index (χ3v) is 5.99. The minimum atomic E-state index is -0.0689. The molecular formula is C20H20N6OS2. The van der Waals surface area contributed by atoms with E-state index < -0.39 is 0 Å². The maximum atomic E-state index is 12.5. The van der Waals surface area contributed by atoms with Gasteiger partial charge in [-0.2, -0.15) is 5.10 Å². The normalized spacial score (nSPS) is 11.1. The summed E-state index contributed by atoms with van der Waals surface area (Å²) in [5.74, 6) is 0.629. The van der Waals surface area contributed by atoms with Crippen LogP contribution in [0.4, 0.5) is 5.13 Å². The standard InChI is InChI=1S/C20H20N6OS2/c1-3-10-26-18(24-25-20(26)28)17-12(2)22-19(29-17)23-16(27)9-8-13-11-21-15-7-5-4-6-14(13)15/h3-7,11,21H,1,8-10H2,2H3,(H,25,28)(H,22,23,27). The van der Waals surface area contributed by atoms with Gasteiger partial charge in [-0.25, -0.2) is 4.98 Å². The number of H-pyrrole nitrogens is 2. The van der Waals surface area contributed by atoms with Gasteiger partial charge in [-0.15, -0.1) is 6.58 Å². The first-order valence-electron chi connectivity index (χ1n) is 9.15. The fourth-order valence-corrected chi connectivity index (χ4v) is 4.40. The van der Waals surface area contributed by atoms with Gasteiger partial charge in [0.2, 0.25) is 5.91 Å². The molecule has 1 amide bonds. The molecule has 0 fully saturated rings. The summed E-state index contributed by atoms with van der Waals surface area (Å²) in [5.41, 5.74) is 3.00. The molecule has 29 heavy (non-hydrogen) atoms. The summed E-state index contributed by atoms with van der Waals surface area (Å²) in [5, 5.41) is 11.7. The van der Waals surface area contributed by atoms with Crippen molar-refractivity contribution in [2.24, 2.45) is 0 Å². The Morgan fingerprint density at radius 1 is 1.41 bits per heavy atom. The summed E-state index contributed by atoms with van der Waals surface area (Å²) < 4.78 is 2.38. The van der Waals surface area contributed by atoms with Gasteiger partial charge in [-0.3, -0.25) is 14.5 Å². The first-order chi connectivity index (χ1) is 14.1. The van der Waals surface area contributed by atoms with E-state index in [1.165, 1.54) is 11.3 Å². The summed E-state index contributed by atoms with van der Waals surface area (Å²) in [6, 6.07) is 8.08. The van der Waals surface area contributed by atoms with Gasteiger partial charge in [0.05, 0.1) is 10.6 Å². The largest absolute Gasteiger partial charge is 0.361 e. The van der Waals surface area contributed by atoms with E-state index in [0.29, 0.717) is 35.1 Å². The van der Waals surface area contributed by atoms with Crippen LogP contribution < -0.4 is 5.32 Å². The molecule has 0 saturated heterocycles. The molecule has 0 atom stereocenters. The number of thiazole rings is 1. The Kier molecular flexibility index (Phi) is 5.41. The molecule has 1 aromatic carbocycles. The van der Waals surface area contributed by atoms with Crippen LogP contribution in [-0.4, -0.2) is 30.6 Å². The number of aromatic nitrogens is 5.